The molecule has 0 spiro atoms. The molecule has 1 aromatic heterocycles. The number of aromatic nitrogens is 2. The van der Waals surface area contributed by atoms with Gasteiger partial charge in [-0.05, 0) is 62.2 Å². The van der Waals surface area contributed by atoms with Gasteiger partial charge in [0.1, 0.15) is 0 Å². The highest BCUT2D eigenvalue weighted by molar-refractivity contribution is 5.96. The number of hydrogen-bond donors (Lipinski definition) is 0. The average Bonchev–Trinajstić information content (AvgIpc) is 3.38. The number of anilines is 1. The summed E-state index contributed by atoms with van der Waals surface area (Å²) in [6, 6.07) is 11.6. The van der Waals surface area contributed by atoms with E-state index in [9.17, 15) is 4.79 Å². The van der Waals surface area contributed by atoms with Crippen LogP contribution < -0.4 is 14.4 Å². The van der Waals surface area contributed by atoms with E-state index in [0.29, 0.717) is 42.8 Å². The number of carbonyl (C=O) groups excluding carboxylic acids is 1. The molecule has 2 aromatic carbocycles. The number of amides is 1. The topological polar surface area (TPSA) is 77.7 Å². The number of carbonyl (C=O) groups is 1. The van der Waals surface area contributed by atoms with E-state index in [1.807, 2.05) is 50.2 Å². The Labute approximate surface area is 175 Å². The molecular weight excluding hydrogens is 382 g/mol. The number of methoxy groups -OCH3 is 1. The van der Waals surface area contributed by atoms with Crippen molar-refractivity contribution in [2.75, 3.05) is 25.2 Å². The van der Waals surface area contributed by atoms with Crippen molar-refractivity contribution in [3.05, 3.63) is 53.4 Å². The number of benzene rings is 2. The van der Waals surface area contributed by atoms with Crippen molar-refractivity contribution >= 4 is 11.6 Å². The second-order valence-electron chi connectivity index (χ2n) is 7.43. The van der Waals surface area contributed by atoms with E-state index in [4.69, 9.17) is 14.0 Å². The molecule has 4 rings (SSSR count). The summed E-state index contributed by atoms with van der Waals surface area (Å²) in [6.45, 7) is 7.10. The number of hydrogen-bond acceptors (Lipinski definition) is 6. The Balaban J connectivity index is 1.54. The Morgan fingerprint density at radius 2 is 1.97 bits per heavy atom. The van der Waals surface area contributed by atoms with Crippen molar-refractivity contribution in [1.82, 2.24) is 10.1 Å². The summed E-state index contributed by atoms with van der Waals surface area (Å²) in [6.07, 6.45) is 0.348. The summed E-state index contributed by atoms with van der Waals surface area (Å²) in [5.74, 6) is 2.13. The molecule has 1 fully saturated rings. The molecule has 1 aliphatic heterocycles. The first kappa shape index (κ1) is 19.9. The summed E-state index contributed by atoms with van der Waals surface area (Å²) < 4.78 is 16.5. The van der Waals surface area contributed by atoms with Crippen LogP contribution in [-0.2, 0) is 4.79 Å². The summed E-state index contributed by atoms with van der Waals surface area (Å²) in [5.41, 5.74) is 4.03. The van der Waals surface area contributed by atoms with Gasteiger partial charge in [-0.15, -0.1) is 0 Å². The third kappa shape index (κ3) is 3.75. The highest BCUT2D eigenvalue weighted by Crippen LogP contribution is 2.34. The van der Waals surface area contributed by atoms with Crippen LogP contribution in [-0.4, -0.2) is 36.3 Å². The van der Waals surface area contributed by atoms with Gasteiger partial charge in [-0.3, -0.25) is 4.79 Å². The molecule has 1 unspecified atom stereocenters. The Morgan fingerprint density at radius 1 is 1.13 bits per heavy atom. The van der Waals surface area contributed by atoms with Crippen LogP contribution >= 0.6 is 0 Å². The molecule has 1 saturated heterocycles. The molecule has 0 aliphatic carbocycles. The summed E-state index contributed by atoms with van der Waals surface area (Å²) in [7, 11) is 1.59. The monoisotopic (exact) mass is 407 g/mol. The average molecular weight is 407 g/mol. The zero-order valence-electron chi connectivity index (χ0n) is 17.6. The van der Waals surface area contributed by atoms with E-state index in [-0.39, 0.29) is 11.8 Å². The quantitative estimate of drug-likeness (QED) is 0.607. The summed E-state index contributed by atoms with van der Waals surface area (Å²) in [5, 5.41) is 4.12. The van der Waals surface area contributed by atoms with Crippen LogP contribution in [0.2, 0.25) is 0 Å². The van der Waals surface area contributed by atoms with E-state index in [2.05, 4.69) is 17.1 Å². The molecule has 0 saturated carbocycles. The molecular formula is C23H25N3O4. The largest absolute Gasteiger partial charge is 0.493 e. The fourth-order valence-corrected chi connectivity index (χ4v) is 3.62. The van der Waals surface area contributed by atoms with Crippen molar-refractivity contribution in [2.24, 2.45) is 0 Å². The predicted molar refractivity (Wildman–Crippen MR) is 113 cm³/mol. The zero-order chi connectivity index (χ0) is 21.3. The second kappa shape index (κ2) is 8.18. The maximum absolute atomic E-state index is 12.6. The van der Waals surface area contributed by atoms with Crippen LogP contribution in [0.5, 0.6) is 11.5 Å². The molecule has 1 atom stereocenters. The Bertz CT molecular complexity index is 1080. The minimum absolute atomic E-state index is 0.0609. The fourth-order valence-electron chi connectivity index (χ4n) is 3.62. The molecule has 30 heavy (non-hydrogen) atoms. The second-order valence-corrected chi connectivity index (χ2v) is 7.43. The van der Waals surface area contributed by atoms with Crippen LogP contribution in [0.4, 0.5) is 5.69 Å². The van der Waals surface area contributed by atoms with Gasteiger partial charge in [0.25, 0.3) is 0 Å². The normalized spacial score (nSPS) is 16.2. The molecule has 0 N–H and O–H groups in total. The van der Waals surface area contributed by atoms with Crippen LogP contribution in [0.3, 0.4) is 0 Å². The molecule has 2 heterocycles. The van der Waals surface area contributed by atoms with Crippen molar-refractivity contribution in [2.45, 2.75) is 33.1 Å². The van der Waals surface area contributed by atoms with Crippen molar-refractivity contribution in [3.8, 4) is 22.9 Å². The van der Waals surface area contributed by atoms with Crippen molar-refractivity contribution < 1.29 is 18.8 Å². The van der Waals surface area contributed by atoms with Crippen LogP contribution in [0, 0.1) is 13.8 Å². The van der Waals surface area contributed by atoms with Crippen molar-refractivity contribution in [1.29, 1.82) is 0 Å². The Hall–Kier alpha value is -3.35. The van der Waals surface area contributed by atoms with Gasteiger partial charge in [0.05, 0.1) is 19.6 Å². The Morgan fingerprint density at radius 3 is 2.70 bits per heavy atom. The number of nitrogens with zero attached hydrogens (tertiary/aromatic N) is 3. The number of aryl methyl sites for hydroxylation is 2. The van der Waals surface area contributed by atoms with E-state index >= 15 is 0 Å². The lowest BCUT2D eigenvalue weighted by Crippen LogP contribution is -2.24. The van der Waals surface area contributed by atoms with Crippen LogP contribution in [0.25, 0.3) is 11.4 Å². The van der Waals surface area contributed by atoms with Gasteiger partial charge in [0, 0.05) is 24.2 Å². The maximum atomic E-state index is 12.6. The van der Waals surface area contributed by atoms with Gasteiger partial charge < -0.3 is 18.9 Å². The first-order valence-electron chi connectivity index (χ1n) is 10.0. The lowest BCUT2D eigenvalue weighted by molar-refractivity contribution is -0.117. The maximum Gasteiger partial charge on any atom is 0.232 e. The lowest BCUT2D eigenvalue weighted by atomic mass is 10.1. The zero-order valence-corrected chi connectivity index (χ0v) is 17.6. The SMILES string of the molecule is CCOc1ccc(-c2noc(C3CC(=O)N(c4ccc(C)c(C)c4)C3)n2)cc1OC. The molecule has 0 radical (unpaired) electrons. The first-order chi connectivity index (χ1) is 14.5. The number of rotatable bonds is 6. The third-order valence-corrected chi connectivity index (χ3v) is 5.44. The molecule has 7 heteroatoms. The smallest absolute Gasteiger partial charge is 0.232 e. The Kier molecular flexibility index (Phi) is 5.44. The standard InChI is InChI=1S/C23H25N3O4/c1-5-29-19-9-7-16(11-20(19)28-4)22-24-23(30-25-22)17-12-21(27)26(13-17)18-8-6-14(2)15(3)10-18/h6-11,17H,5,12-13H2,1-4H3. The summed E-state index contributed by atoms with van der Waals surface area (Å²) >= 11 is 0. The van der Waals surface area contributed by atoms with Gasteiger partial charge in [0.15, 0.2) is 11.5 Å². The third-order valence-electron chi connectivity index (χ3n) is 5.44. The van der Waals surface area contributed by atoms with Gasteiger partial charge >= 0.3 is 0 Å². The van der Waals surface area contributed by atoms with Gasteiger partial charge in [0.2, 0.25) is 17.6 Å². The highest BCUT2D eigenvalue weighted by atomic mass is 16.5. The van der Waals surface area contributed by atoms with Gasteiger partial charge in [-0.1, -0.05) is 11.2 Å². The minimum atomic E-state index is -0.134. The first-order valence-corrected chi connectivity index (χ1v) is 10.0. The molecule has 3 aromatic rings. The van der Waals surface area contributed by atoms with E-state index < -0.39 is 0 Å². The van der Waals surface area contributed by atoms with Crippen LogP contribution in [0.15, 0.2) is 40.9 Å². The summed E-state index contributed by atoms with van der Waals surface area (Å²) in [4.78, 5) is 19.0. The van der Waals surface area contributed by atoms with Crippen molar-refractivity contribution in [3.63, 3.8) is 0 Å². The predicted octanol–water partition coefficient (Wildman–Crippen LogP) is 4.28. The molecule has 1 amide bonds. The fraction of sp³-hybridized carbons (Fsp3) is 0.348. The van der Waals surface area contributed by atoms with E-state index in [0.717, 1.165) is 16.8 Å². The molecule has 156 valence electrons. The molecule has 0 bridgehead atoms. The number of ether oxygens (including phenoxy) is 2. The van der Waals surface area contributed by atoms with E-state index in [1.165, 1.54) is 5.56 Å². The molecule has 1 aliphatic rings. The van der Waals surface area contributed by atoms with Gasteiger partial charge in [-0.25, -0.2) is 0 Å². The van der Waals surface area contributed by atoms with E-state index in [1.54, 1.807) is 12.0 Å². The van der Waals surface area contributed by atoms with Crippen LogP contribution in [0.1, 0.15) is 36.3 Å². The molecule has 7 nitrogen and oxygen atoms in total. The van der Waals surface area contributed by atoms with Gasteiger partial charge in [-0.2, -0.15) is 4.98 Å². The minimum Gasteiger partial charge on any atom is -0.493 e. The lowest BCUT2D eigenvalue weighted by Gasteiger charge is -2.17. The highest BCUT2D eigenvalue weighted by Gasteiger charge is 2.35.